The van der Waals surface area contributed by atoms with Crippen LogP contribution in [-0.2, 0) is 17.9 Å². The first-order valence-electron chi connectivity index (χ1n) is 8.02. The third-order valence-corrected chi connectivity index (χ3v) is 4.29. The number of hydrogen-bond acceptors (Lipinski definition) is 3. The minimum absolute atomic E-state index is 0.0908. The van der Waals surface area contributed by atoms with Gasteiger partial charge >= 0.3 is 0 Å². The summed E-state index contributed by atoms with van der Waals surface area (Å²) in [6.45, 7) is 12.3. The third-order valence-electron chi connectivity index (χ3n) is 4.29. The van der Waals surface area contributed by atoms with E-state index < -0.39 is 0 Å². The molecule has 1 aromatic carbocycles. The fraction of sp³-hybridized carbons (Fsp3) is 0.611. The maximum Gasteiger partial charge on any atom is 0.228 e. The summed E-state index contributed by atoms with van der Waals surface area (Å²) in [7, 11) is 0. The highest BCUT2D eigenvalue weighted by Gasteiger charge is 2.29. The molecule has 0 spiro atoms. The first-order valence-corrected chi connectivity index (χ1v) is 8.02. The normalized spacial score (nSPS) is 16.9. The van der Waals surface area contributed by atoms with Crippen LogP contribution in [0.5, 0.6) is 0 Å². The van der Waals surface area contributed by atoms with E-state index in [1.807, 2.05) is 32.6 Å². The molecule has 1 aliphatic heterocycles. The Morgan fingerprint density at radius 1 is 1.18 bits per heavy atom. The van der Waals surface area contributed by atoms with E-state index in [0.29, 0.717) is 0 Å². The second kappa shape index (κ2) is 6.80. The van der Waals surface area contributed by atoms with Crippen LogP contribution in [0.3, 0.4) is 0 Å². The zero-order valence-corrected chi connectivity index (χ0v) is 14.2. The molecule has 1 amide bonds. The molecule has 2 rings (SSSR count). The Morgan fingerprint density at radius 3 is 2.36 bits per heavy atom. The lowest BCUT2D eigenvalue weighted by atomic mass is 9.94. The van der Waals surface area contributed by atoms with Crippen LogP contribution >= 0.6 is 0 Å². The number of amides is 1. The monoisotopic (exact) mass is 304 g/mol. The number of nitrogens with zero attached hydrogens (tertiary/aromatic N) is 2. The second-order valence-corrected chi connectivity index (χ2v) is 7.24. The summed E-state index contributed by atoms with van der Waals surface area (Å²) in [5, 5.41) is 9.36. The van der Waals surface area contributed by atoms with Crippen molar-refractivity contribution in [2.24, 2.45) is 5.41 Å². The van der Waals surface area contributed by atoms with E-state index in [1.165, 1.54) is 5.56 Å². The van der Waals surface area contributed by atoms with Gasteiger partial charge in [-0.05, 0) is 23.6 Å². The van der Waals surface area contributed by atoms with Crippen LogP contribution in [-0.4, -0.2) is 47.0 Å². The molecule has 0 unspecified atom stereocenters. The summed E-state index contributed by atoms with van der Waals surface area (Å²) in [4.78, 5) is 16.6. The molecule has 1 heterocycles. The van der Waals surface area contributed by atoms with Gasteiger partial charge in [-0.1, -0.05) is 39.0 Å². The molecule has 1 aromatic rings. The van der Waals surface area contributed by atoms with Crippen LogP contribution < -0.4 is 0 Å². The Hall–Kier alpha value is -1.39. The van der Waals surface area contributed by atoms with E-state index in [0.717, 1.165) is 43.9 Å². The second-order valence-electron chi connectivity index (χ2n) is 7.24. The van der Waals surface area contributed by atoms with Crippen molar-refractivity contribution >= 4 is 5.91 Å². The zero-order valence-electron chi connectivity index (χ0n) is 14.2. The summed E-state index contributed by atoms with van der Waals surface area (Å²) in [5.74, 6) is 0.241. The minimum Gasteiger partial charge on any atom is -0.392 e. The van der Waals surface area contributed by atoms with Crippen molar-refractivity contribution in [2.75, 3.05) is 26.2 Å². The van der Waals surface area contributed by atoms with Crippen LogP contribution in [0.1, 0.15) is 37.5 Å². The molecule has 0 aromatic heterocycles. The fourth-order valence-electron chi connectivity index (χ4n) is 2.84. The number of hydrogen-bond donors (Lipinski definition) is 1. The molecule has 1 fully saturated rings. The first kappa shape index (κ1) is 17.0. The number of aryl methyl sites for hydroxylation is 1. The summed E-state index contributed by atoms with van der Waals surface area (Å²) < 4.78 is 0. The summed E-state index contributed by atoms with van der Waals surface area (Å²) in [6, 6.07) is 6.28. The van der Waals surface area contributed by atoms with Gasteiger partial charge in [0.1, 0.15) is 0 Å². The average molecular weight is 304 g/mol. The molecule has 0 saturated carbocycles. The highest BCUT2D eigenvalue weighted by atomic mass is 16.3. The van der Waals surface area contributed by atoms with Gasteiger partial charge < -0.3 is 10.0 Å². The number of carbonyl (C=O) groups excluding carboxylic acids is 1. The number of benzene rings is 1. The highest BCUT2D eigenvalue weighted by Crippen LogP contribution is 2.19. The van der Waals surface area contributed by atoms with Gasteiger partial charge in [0, 0.05) is 38.1 Å². The summed E-state index contributed by atoms with van der Waals surface area (Å²) >= 11 is 0. The maximum atomic E-state index is 12.3. The van der Waals surface area contributed by atoms with E-state index in [2.05, 4.69) is 23.1 Å². The SMILES string of the molecule is Cc1ccc(CN2CCN(C(=O)C(C)(C)C)CC2)cc1CO. The van der Waals surface area contributed by atoms with Crippen LogP contribution in [0, 0.1) is 12.3 Å². The number of aliphatic hydroxyl groups excluding tert-OH is 1. The molecule has 0 aliphatic carbocycles. The van der Waals surface area contributed by atoms with Crippen molar-refractivity contribution in [1.82, 2.24) is 9.80 Å². The third kappa shape index (κ3) is 4.08. The Balaban J connectivity index is 1.91. The van der Waals surface area contributed by atoms with Crippen LogP contribution in [0.15, 0.2) is 18.2 Å². The predicted molar refractivity (Wildman–Crippen MR) is 88.4 cm³/mol. The lowest BCUT2D eigenvalue weighted by Gasteiger charge is -2.37. The maximum absolute atomic E-state index is 12.3. The Morgan fingerprint density at radius 2 is 1.82 bits per heavy atom. The highest BCUT2D eigenvalue weighted by molar-refractivity contribution is 5.81. The largest absolute Gasteiger partial charge is 0.392 e. The zero-order chi connectivity index (χ0) is 16.3. The molecule has 1 aliphatic rings. The lowest BCUT2D eigenvalue weighted by Crippen LogP contribution is -2.51. The first-order chi connectivity index (χ1) is 10.3. The van der Waals surface area contributed by atoms with Gasteiger partial charge in [-0.2, -0.15) is 0 Å². The predicted octanol–water partition coefficient (Wildman–Crippen LogP) is 2.18. The van der Waals surface area contributed by atoms with E-state index >= 15 is 0 Å². The van der Waals surface area contributed by atoms with Gasteiger partial charge in [0.25, 0.3) is 0 Å². The number of piperazine rings is 1. The molecular formula is C18H28N2O2. The smallest absolute Gasteiger partial charge is 0.228 e. The molecule has 4 nitrogen and oxygen atoms in total. The fourth-order valence-corrected chi connectivity index (χ4v) is 2.84. The topological polar surface area (TPSA) is 43.8 Å². The van der Waals surface area contributed by atoms with Crippen molar-refractivity contribution in [3.05, 3.63) is 34.9 Å². The molecule has 22 heavy (non-hydrogen) atoms. The van der Waals surface area contributed by atoms with Crippen LogP contribution in [0.4, 0.5) is 0 Å². The lowest BCUT2D eigenvalue weighted by molar-refractivity contribution is -0.141. The van der Waals surface area contributed by atoms with Gasteiger partial charge in [0.05, 0.1) is 6.61 Å². The van der Waals surface area contributed by atoms with Crippen molar-refractivity contribution < 1.29 is 9.90 Å². The summed E-state index contributed by atoms with van der Waals surface area (Å²) in [5.41, 5.74) is 3.06. The molecule has 0 atom stereocenters. The minimum atomic E-state index is -0.296. The van der Waals surface area contributed by atoms with E-state index in [4.69, 9.17) is 0 Å². The van der Waals surface area contributed by atoms with Crippen molar-refractivity contribution in [3.8, 4) is 0 Å². The Labute approximate surface area is 133 Å². The van der Waals surface area contributed by atoms with Gasteiger partial charge in [0.15, 0.2) is 0 Å². The molecule has 0 radical (unpaired) electrons. The number of aliphatic hydroxyl groups is 1. The van der Waals surface area contributed by atoms with Crippen molar-refractivity contribution in [3.63, 3.8) is 0 Å². The molecule has 122 valence electrons. The Bertz CT molecular complexity index is 526. The van der Waals surface area contributed by atoms with Crippen molar-refractivity contribution in [2.45, 2.75) is 40.8 Å². The molecule has 1 N–H and O–H groups in total. The molecule has 0 bridgehead atoms. The van der Waals surface area contributed by atoms with Gasteiger partial charge in [-0.3, -0.25) is 9.69 Å². The van der Waals surface area contributed by atoms with Gasteiger partial charge in [-0.15, -0.1) is 0 Å². The van der Waals surface area contributed by atoms with E-state index in [9.17, 15) is 9.90 Å². The van der Waals surface area contributed by atoms with Gasteiger partial charge in [0.2, 0.25) is 5.91 Å². The molecule has 4 heteroatoms. The standard InChI is InChI=1S/C18H28N2O2/c1-14-5-6-15(11-16(14)13-21)12-19-7-9-20(10-8-19)17(22)18(2,3)4/h5-6,11,21H,7-10,12-13H2,1-4H3. The molecule has 1 saturated heterocycles. The molecular weight excluding hydrogens is 276 g/mol. The Kier molecular flexibility index (Phi) is 5.24. The number of rotatable bonds is 3. The van der Waals surface area contributed by atoms with Crippen LogP contribution in [0.25, 0.3) is 0 Å². The number of carbonyl (C=O) groups is 1. The van der Waals surface area contributed by atoms with Gasteiger partial charge in [-0.25, -0.2) is 0 Å². The summed E-state index contributed by atoms with van der Waals surface area (Å²) in [6.07, 6.45) is 0. The average Bonchev–Trinajstić information content (AvgIpc) is 2.48. The van der Waals surface area contributed by atoms with Crippen molar-refractivity contribution in [1.29, 1.82) is 0 Å². The van der Waals surface area contributed by atoms with E-state index in [-0.39, 0.29) is 17.9 Å². The quantitative estimate of drug-likeness (QED) is 0.931. The van der Waals surface area contributed by atoms with E-state index in [1.54, 1.807) is 0 Å². The van der Waals surface area contributed by atoms with Crippen LogP contribution in [0.2, 0.25) is 0 Å².